The predicted octanol–water partition coefficient (Wildman–Crippen LogP) is 2.31. The van der Waals surface area contributed by atoms with Crippen molar-refractivity contribution in [1.29, 1.82) is 0 Å². The number of hydrogen-bond donors (Lipinski definition) is 0. The van der Waals surface area contributed by atoms with Crippen molar-refractivity contribution < 1.29 is 0 Å². The van der Waals surface area contributed by atoms with E-state index in [4.69, 9.17) is 0 Å². The fraction of sp³-hybridized carbons (Fsp3) is 0.429. The van der Waals surface area contributed by atoms with Gasteiger partial charge in [-0.15, -0.1) is 10.2 Å². The van der Waals surface area contributed by atoms with Crippen LogP contribution in [-0.2, 0) is 0 Å². The van der Waals surface area contributed by atoms with Crippen LogP contribution in [0.15, 0.2) is 30.9 Å². The second-order valence-electron chi connectivity index (χ2n) is 4.81. The van der Waals surface area contributed by atoms with Crippen LogP contribution in [0, 0.1) is 0 Å². The Morgan fingerprint density at radius 2 is 1.58 bits per heavy atom. The number of aromatic nitrogens is 4. The van der Waals surface area contributed by atoms with E-state index < -0.39 is 0 Å². The molecule has 0 bridgehead atoms. The van der Waals surface area contributed by atoms with Crippen LogP contribution in [0.3, 0.4) is 0 Å². The number of rotatable bonds is 2. The van der Waals surface area contributed by atoms with Crippen LogP contribution >= 0.6 is 0 Å². The lowest BCUT2D eigenvalue weighted by Crippen LogP contribution is -2.25. The van der Waals surface area contributed by atoms with E-state index >= 15 is 0 Å². The summed E-state index contributed by atoms with van der Waals surface area (Å²) in [5.41, 5.74) is 1.72. The van der Waals surface area contributed by atoms with Gasteiger partial charge >= 0.3 is 0 Å². The first-order valence-electron chi connectivity index (χ1n) is 6.77. The van der Waals surface area contributed by atoms with Gasteiger partial charge in [0.15, 0.2) is 5.82 Å². The predicted molar refractivity (Wildman–Crippen MR) is 73.7 cm³/mol. The standard InChI is InChI=1S/C14H17N5/c1-2-4-8-19(7-3-1)14-6-5-13(17-18-14)12-9-15-11-16-10-12/h5-6,9-11H,1-4,7-8H2. The minimum atomic E-state index is 0.819. The molecule has 0 atom stereocenters. The first-order chi connectivity index (χ1) is 9.43. The van der Waals surface area contributed by atoms with Crippen LogP contribution in [0.1, 0.15) is 25.7 Å². The molecule has 1 fully saturated rings. The lowest BCUT2D eigenvalue weighted by atomic mass is 10.2. The maximum absolute atomic E-state index is 4.34. The first-order valence-corrected chi connectivity index (χ1v) is 6.77. The molecule has 19 heavy (non-hydrogen) atoms. The average Bonchev–Trinajstić information content (AvgIpc) is 2.77. The second kappa shape index (κ2) is 5.73. The van der Waals surface area contributed by atoms with Gasteiger partial charge in [-0.3, -0.25) is 0 Å². The van der Waals surface area contributed by atoms with E-state index in [1.165, 1.54) is 32.0 Å². The van der Waals surface area contributed by atoms with Crippen molar-refractivity contribution in [3.05, 3.63) is 30.9 Å². The summed E-state index contributed by atoms with van der Waals surface area (Å²) in [6.07, 6.45) is 10.2. The van der Waals surface area contributed by atoms with Crippen molar-refractivity contribution in [3.8, 4) is 11.3 Å². The molecule has 2 aromatic heterocycles. The summed E-state index contributed by atoms with van der Waals surface area (Å²) in [6.45, 7) is 2.17. The molecule has 1 saturated heterocycles. The topological polar surface area (TPSA) is 54.8 Å². The van der Waals surface area contributed by atoms with Crippen molar-refractivity contribution in [1.82, 2.24) is 20.2 Å². The van der Waals surface area contributed by atoms with Crippen molar-refractivity contribution in [2.24, 2.45) is 0 Å². The second-order valence-corrected chi connectivity index (χ2v) is 4.81. The van der Waals surface area contributed by atoms with Crippen molar-refractivity contribution in [2.45, 2.75) is 25.7 Å². The van der Waals surface area contributed by atoms with Crippen LogP contribution < -0.4 is 4.90 Å². The highest BCUT2D eigenvalue weighted by molar-refractivity contribution is 5.57. The zero-order valence-corrected chi connectivity index (χ0v) is 10.9. The van der Waals surface area contributed by atoms with Gasteiger partial charge in [0.05, 0.1) is 5.69 Å². The largest absolute Gasteiger partial charge is 0.355 e. The molecule has 0 spiro atoms. The zero-order valence-electron chi connectivity index (χ0n) is 10.9. The Morgan fingerprint density at radius 3 is 2.21 bits per heavy atom. The molecule has 0 unspecified atom stereocenters. The molecule has 1 aliphatic rings. The van der Waals surface area contributed by atoms with Gasteiger partial charge in [-0.25, -0.2) is 9.97 Å². The highest BCUT2D eigenvalue weighted by Gasteiger charge is 2.11. The van der Waals surface area contributed by atoms with Crippen LogP contribution in [0.25, 0.3) is 11.3 Å². The molecular formula is C14H17N5. The van der Waals surface area contributed by atoms with Crippen LogP contribution in [0.4, 0.5) is 5.82 Å². The molecule has 0 aliphatic carbocycles. The van der Waals surface area contributed by atoms with Crippen LogP contribution in [0.2, 0.25) is 0 Å². The molecule has 98 valence electrons. The summed E-state index contributed by atoms with van der Waals surface area (Å²) < 4.78 is 0. The fourth-order valence-electron chi connectivity index (χ4n) is 2.38. The van der Waals surface area contributed by atoms with E-state index in [1.54, 1.807) is 12.4 Å². The van der Waals surface area contributed by atoms with Crippen LogP contribution in [-0.4, -0.2) is 33.3 Å². The fourth-order valence-corrected chi connectivity index (χ4v) is 2.38. The van der Waals surface area contributed by atoms with Gasteiger partial charge in [-0.1, -0.05) is 12.8 Å². The lowest BCUT2D eigenvalue weighted by molar-refractivity contribution is 0.726. The molecule has 1 aliphatic heterocycles. The lowest BCUT2D eigenvalue weighted by Gasteiger charge is -2.20. The van der Waals surface area contributed by atoms with Crippen LogP contribution in [0.5, 0.6) is 0 Å². The Balaban J connectivity index is 1.78. The monoisotopic (exact) mass is 255 g/mol. The quantitative estimate of drug-likeness (QED) is 0.824. The summed E-state index contributed by atoms with van der Waals surface area (Å²) in [5, 5.41) is 8.62. The van der Waals surface area contributed by atoms with Gasteiger partial charge in [-0.05, 0) is 25.0 Å². The van der Waals surface area contributed by atoms with Gasteiger partial charge in [0.2, 0.25) is 0 Å². The maximum atomic E-state index is 4.34. The number of nitrogens with zero attached hydrogens (tertiary/aromatic N) is 5. The minimum Gasteiger partial charge on any atom is -0.355 e. The number of hydrogen-bond acceptors (Lipinski definition) is 5. The normalized spacial score (nSPS) is 16.1. The summed E-state index contributed by atoms with van der Waals surface area (Å²) in [4.78, 5) is 10.3. The van der Waals surface area contributed by atoms with E-state index in [9.17, 15) is 0 Å². The van der Waals surface area contributed by atoms with Crippen molar-refractivity contribution in [2.75, 3.05) is 18.0 Å². The molecule has 3 rings (SSSR count). The van der Waals surface area contributed by atoms with Gasteiger partial charge < -0.3 is 4.90 Å². The van der Waals surface area contributed by atoms with E-state index in [2.05, 4.69) is 25.1 Å². The Labute approximate surface area is 112 Å². The molecule has 0 amide bonds. The minimum absolute atomic E-state index is 0.819. The Hall–Kier alpha value is -2.04. The van der Waals surface area contributed by atoms with Gasteiger partial charge in [0, 0.05) is 31.0 Å². The molecular weight excluding hydrogens is 238 g/mol. The maximum Gasteiger partial charge on any atom is 0.151 e. The van der Waals surface area contributed by atoms with Gasteiger partial charge in [-0.2, -0.15) is 0 Å². The molecule has 5 heteroatoms. The summed E-state index contributed by atoms with van der Waals surface area (Å²) in [7, 11) is 0. The van der Waals surface area contributed by atoms with Crippen molar-refractivity contribution >= 4 is 5.82 Å². The molecule has 0 radical (unpaired) electrons. The Kier molecular flexibility index (Phi) is 3.63. The van der Waals surface area contributed by atoms with E-state index in [0.717, 1.165) is 30.2 Å². The third kappa shape index (κ3) is 2.86. The van der Waals surface area contributed by atoms with E-state index in [1.807, 2.05) is 12.1 Å². The summed E-state index contributed by atoms with van der Waals surface area (Å²) in [6, 6.07) is 4.03. The molecule has 3 heterocycles. The third-order valence-electron chi connectivity index (χ3n) is 3.44. The third-order valence-corrected chi connectivity index (χ3v) is 3.44. The molecule has 0 aromatic carbocycles. The van der Waals surface area contributed by atoms with E-state index in [0.29, 0.717) is 0 Å². The van der Waals surface area contributed by atoms with Gasteiger partial charge in [0.1, 0.15) is 6.33 Å². The number of anilines is 1. The van der Waals surface area contributed by atoms with Crippen molar-refractivity contribution in [3.63, 3.8) is 0 Å². The Bertz CT molecular complexity index is 503. The molecule has 0 N–H and O–H groups in total. The van der Waals surface area contributed by atoms with Gasteiger partial charge in [0.25, 0.3) is 0 Å². The first kappa shape index (κ1) is 12.0. The van der Waals surface area contributed by atoms with E-state index in [-0.39, 0.29) is 0 Å². The molecule has 2 aromatic rings. The molecule has 5 nitrogen and oxygen atoms in total. The zero-order chi connectivity index (χ0) is 12.9. The highest BCUT2D eigenvalue weighted by atomic mass is 15.3. The smallest absolute Gasteiger partial charge is 0.151 e. The highest BCUT2D eigenvalue weighted by Crippen LogP contribution is 2.19. The molecule has 0 saturated carbocycles. The Morgan fingerprint density at radius 1 is 0.842 bits per heavy atom. The SMILES string of the molecule is c1ncc(-c2ccc(N3CCCCCC3)nn2)cn1. The average molecular weight is 255 g/mol. The summed E-state index contributed by atoms with van der Waals surface area (Å²) >= 11 is 0. The summed E-state index contributed by atoms with van der Waals surface area (Å²) in [5.74, 6) is 0.975.